The van der Waals surface area contributed by atoms with Crippen LogP contribution < -0.4 is 10.3 Å². The number of nitrogens with zero attached hydrogens (tertiary/aromatic N) is 2. The average Bonchev–Trinajstić information content (AvgIpc) is 3.42. The van der Waals surface area contributed by atoms with Gasteiger partial charge in [-0.3, -0.25) is 9.00 Å². The molecule has 0 spiro atoms. The van der Waals surface area contributed by atoms with E-state index in [-0.39, 0.29) is 35.7 Å². The van der Waals surface area contributed by atoms with Gasteiger partial charge in [0.15, 0.2) is 5.82 Å². The standard InChI is InChI=1S/C17H16F2N2O4S/c18-12-7-10-14(13(19)15(12)20-3-5-26(25)6-4-20)21(9-1-2-9)8-11(16(10)22)17(23)24/h7-9H,1-6H2,(H,23,24). The van der Waals surface area contributed by atoms with Gasteiger partial charge >= 0.3 is 5.97 Å². The molecule has 9 heteroatoms. The second-order valence-electron chi connectivity index (χ2n) is 6.57. The number of carboxylic acids is 1. The minimum absolute atomic E-state index is 0.0643. The molecule has 0 bridgehead atoms. The van der Waals surface area contributed by atoms with E-state index in [1.165, 1.54) is 9.47 Å². The maximum absolute atomic E-state index is 15.3. The molecule has 138 valence electrons. The van der Waals surface area contributed by atoms with E-state index in [1.807, 2.05) is 0 Å². The summed E-state index contributed by atoms with van der Waals surface area (Å²) in [5.74, 6) is -2.55. The molecule has 26 heavy (non-hydrogen) atoms. The molecular formula is C17H16F2N2O4S. The topological polar surface area (TPSA) is 79.6 Å². The van der Waals surface area contributed by atoms with Crippen LogP contribution in [0.1, 0.15) is 29.2 Å². The summed E-state index contributed by atoms with van der Waals surface area (Å²) >= 11 is 0. The molecule has 1 aliphatic carbocycles. The van der Waals surface area contributed by atoms with Crippen LogP contribution >= 0.6 is 0 Å². The number of carbonyl (C=O) groups is 1. The van der Waals surface area contributed by atoms with E-state index < -0.39 is 39.4 Å². The third kappa shape index (κ3) is 2.70. The number of aromatic carboxylic acids is 1. The zero-order chi connectivity index (χ0) is 18.6. The number of halogens is 2. The van der Waals surface area contributed by atoms with Gasteiger partial charge in [0, 0.05) is 47.6 Å². The quantitative estimate of drug-likeness (QED) is 0.877. The molecule has 2 aromatic rings. The number of anilines is 1. The number of hydrogen-bond acceptors (Lipinski definition) is 4. The zero-order valence-electron chi connectivity index (χ0n) is 13.7. The molecule has 0 radical (unpaired) electrons. The minimum Gasteiger partial charge on any atom is -0.477 e. The second kappa shape index (κ2) is 6.15. The van der Waals surface area contributed by atoms with Crippen molar-refractivity contribution in [2.45, 2.75) is 18.9 Å². The molecular weight excluding hydrogens is 366 g/mol. The fourth-order valence-electron chi connectivity index (χ4n) is 3.38. The van der Waals surface area contributed by atoms with Crippen molar-refractivity contribution in [2.75, 3.05) is 29.5 Å². The minimum atomic E-state index is -1.42. The molecule has 0 atom stereocenters. The Hall–Kier alpha value is -2.29. The van der Waals surface area contributed by atoms with Crippen LogP contribution in [0.3, 0.4) is 0 Å². The Kier molecular flexibility index (Phi) is 4.06. The van der Waals surface area contributed by atoms with Crippen LogP contribution in [-0.2, 0) is 10.8 Å². The number of carboxylic acid groups (broad SMARTS) is 1. The average molecular weight is 382 g/mol. The number of pyridine rings is 1. The van der Waals surface area contributed by atoms with Crippen LogP contribution in [0.15, 0.2) is 17.1 Å². The monoisotopic (exact) mass is 382 g/mol. The largest absolute Gasteiger partial charge is 0.477 e. The van der Waals surface area contributed by atoms with Gasteiger partial charge in [-0.25, -0.2) is 13.6 Å². The van der Waals surface area contributed by atoms with E-state index in [4.69, 9.17) is 0 Å². The lowest BCUT2D eigenvalue weighted by Gasteiger charge is -2.29. The SMILES string of the molecule is O=C(O)c1cn(C2CC2)c2c(F)c(N3CCS(=O)CC3)c(F)cc2c1=O. The van der Waals surface area contributed by atoms with Crippen LogP contribution in [0.2, 0.25) is 0 Å². The van der Waals surface area contributed by atoms with E-state index in [1.54, 1.807) is 0 Å². The van der Waals surface area contributed by atoms with Crippen LogP contribution in [0.25, 0.3) is 10.9 Å². The molecule has 1 N–H and O–H groups in total. The molecule has 2 heterocycles. The summed E-state index contributed by atoms with van der Waals surface area (Å²) in [7, 11) is -0.996. The highest BCUT2D eigenvalue weighted by Gasteiger charge is 2.31. The Bertz CT molecular complexity index is 1010. The maximum Gasteiger partial charge on any atom is 0.341 e. The van der Waals surface area contributed by atoms with Gasteiger partial charge in [0.1, 0.15) is 17.1 Å². The number of fused-ring (bicyclic) bond motifs is 1. The Morgan fingerprint density at radius 3 is 2.46 bits per heavy atom. The van der Waals surface area contributed by atoms with Gasteiger partial charge in [-0.15, -0.1) is 0 Å². The maximum atomic E-state index is 15.3. The summed E-state index contributed by atoms with van der Waals surface area (Å²) < 4.78 is 42.9. The van der Waals surface area contributed by atoms with Gasteiger partial charge in [-0.1, -0.05) is 0 Å². The Morgan fingerprint density at radius 2 is 1.88 bits per heavy atom. The summed E-state index contributed by atoms with van der Waals surface area (Å²) in [4.78, 5) is 25.3. The Labute approximate surface area is 149 Å². The summed E-state index contributed by atoms with van der Waals surface area (Å²) in [5.41, 5.74) is -1.70. The second-order valence-corrected chi connectivity index (χ2v) is 8.26. The van der Waals surface area contributed by atoms with E-state index in [2.05, 4.69) is 0 Å². The summed E-state index contributed by atoms with van der Waals surface area (Å²) in [6, 6.07) is 0.824. The molecule has 0 amide bonds. The van der Waals surface area contributed by atoms with Crippen molar-refractivity contribution in [3.05, 3.63) is 39.7 Å². The van der Waals surface area contributed by atoms with Crippen molar-refractivity contribution < 1.29 is 22.9 Å². The van der Waals surface area contributed by atoms with Crippen molar-refractivity contribution in [2.24, 2.45) is 0 Å². The molecule has 6 nitrogen and oxygen atoms in total. The summed E-state index contributed by atoms with van der Waals surface area (Å²) in [6.45, 7) is 0.514. The first-order valence-corrected chi connectivity index (χ1v) is 9.77. The zero-order valence-corrected chi connectivity index (χ0v) is 14.5. The molecule has 0 unspecified atom stereocenters. The van der Waals surface area contributed by atoms with Crippen LogP contribution in [0.5, 0.6) is 0 Å². The van der Waals surface area contributed by atoms with Crippen molar-refractivity contribution in [1.29, 1.82) is 0 Å². The van der Waals surface area contributed by atoms with Gasteiger partial charge in [0.05, 0.1) is 10.9 Å². The highest BCUT2D eigenvalue weighted by molar-refractivity contribution is 7.85. The summed E-state index contributed by atoms with van der Waals surface area (Å²) in [6.07, 6.45) is 2.64. The lowest BCUT2D eigenvalue weighted by atomic mass is 10.1. The highest BCUT2D eigenvalue weighted by Crippen LogP contribution is 2.39. The third-order valence-electron chi connectivity index (χ3n) is 4.85. The van der Waals surface area contributed by atoms with E-state index >= 15 is 4.39 Å². The van der Waals surface area contributed by atoms with Crippen molar-refractivity contribution in [3.8, 4) is 0 Å². The first-order chi connectivity index (χ1) is 12.4. The first-order valence-electron chi connectivity index (χ1n) is 8.28. The number of aromatic nitrogens is 1. The molecule has 2 aliphatic rings. The van der Waals surface area contributed by atoms with E-state index in [0.717, 1.165) is 25.1 Å². The lowest BCUT2D eigenvalue weighted by Crippen LogP contribution is -2.39. The van der Waals surface area contributed by atoms with Gasteiger partial charge in [0.2, 0.25) is 5.43 Å². The Balaban J connectivity index is 1.98. The van der Waals surface area contributed by atoms with Gasteiger partial charge in [-0.2, -0.15) is 0 Å². The molecule has 1 aliphatic heterocycles. The fourth-order valence-corrected chi connectivity index (χ4v) is 4.43. The van der Waals surface area contributed by atoms with Crippen LogP contribution in [-0.4, -0.2) is 44.4 Å². The number of rotatable bonds is 3. The van der Waals surface area contributed by atoms with E-state index in [9.17, 15) is 23.3 Å². The molecule has 1 aromatic heterocycles. The normalized spacial score (nSPS) is 18.5. The predicted octanol–water partition coefficient (Wildman–Crippen LogP) is 1.88. The molecule has 1 saturated heterocycles. The molecule has 4 rings (SSSR count). The van der Waals surface area contributed by atoms with Crippen molar-refractivity contribution in [3.63, 3.8) is 0 Å². The van der Waals surface area contributed by atoms with Crippen LogP contribution in [0, 0.1) is 11.6 Å². The smallest absolute Gasteiger partial charge is 0.341 e. The molecule has 1 aromatic carbocycles. The third-order valence-corrected chi connectivity index (χ3v) is 6.12. The highest BCUT2D eigenvalue weighted by atomic mass is 32.2. The van der Waals surface area contributed by atoms with E-state index in [0.29, 0.717) is 11.5 Å². The Morgan fingerprint density at radius 1 is 1.23 bits per heavy atom. The van der Waals surface area contributed by atoms with Gasteiger partial charge < -0.3 is 14.6 Å². The lowest BCUT2D eigenvalue weighted by molar-refractivity contribution is 0.0694. The number of benzene rings is 1. The molecule has 2 fully saturated rings. The van der Waals surface area contributed by atoms with Gasteiger partial charge in [0.25, 0.3) is 0 Å². The predicted molar refractivity (Wildman–Crippen MR) is 93.4 cm³/mol. The van der Waals surface area contributed by atoms with Crippen molar-refractivity contribution in [1.82, 2.24) is 4.57 Å². The molecule has 1 saturated carbocycles. The first kappa shape index (κ1) is 17.1. The summed E-state index contributed by atoms with van der Waals surface area (Å²) in [5, 5.41) is 8.97. The number of hydrogen-bond donors (Lipinski definition) is 1. The fraction of sp³-hybridized carbons (Fsp3) is 0.412. The van der Waals surface area contributed by atoms with Crippen LogP contribution in [0.4, 0.5) is 14.5 Å². The van der Waals surface area contributed by atoms with Gasteiger partial charge in [-0.05, 0) is 18.9 Å². The van der Waals surface area contributed by atoms with Crippen molar-refractivity contribution >= 4 is 33.4 Å².